The summed E-state index contributed by atoms with van der Waals surface area (Å²) in [6.45, 7) is 2.21. The van der Waals surface area contributed by atoms with Gasteiger partial charge in [-0.2, -0.15) is 0 Å². The van der Waals surface area contributed by atoms with E-state index in [-0.39, 0.29) is 40.7 Å². The summed E-state index contributed by atoms with van der Waals surface area (Å²) >= 11 is 1.53. The zero-order chi connectivity index (χ0) is 21.7. The summed E-state index contributed by atoms with van der Waals surface area (Å²) in [6, 6.07) is 12.0. The predicted octanol–water partition coefficient (Wildman–Crippen LogP) is 3.00. The van der Waals surface area contributed by atoms with Crippen molar-refractivity contribution in [2.45, 2.75) is 41.4 Å². The van der Waals surface area contributed by atoms with E-state index in [4.69, 9.17) is 4.74 Å². The number of hydrogen-bond donors (Lipinski definition) is 2. The third kappa shape index (κ3) is 5.54. The van der Waals surface area contributed by atoms with Gasteiger partial charge in [0, 0.05) is 35.1 Å². The van der Waals surface area contributed by atoms with E-state index < -0.39 is 9.84 Å². The fraction of sp³-hybridized carbons (Fsp3) is 0.333. The van der Waals surface area contributed by atoms with Gasteiger partial charge in [0.2, 0.25) is 11.8 Å². The zero-order valence-electron chi connectivity index (χ0n) is 16.8. The second-order valence-corrected chi connectivity index (χ2v) is 10.6. The second-order valence-electron chi connectivity index (χ2n) is 7.00. The van der Waals surface area contributed by atoms with Crippen molar-refractivity contribution < 1.29 is 22.7 Å². The van der Waals surface area contributed by atoms with Gasteiger partial charge in [-0.3, -0.25) is 9.59 Å². The van der Waals surface area contributed by atoms with E-state index in [1.807, 2.05) is 25.1 Å². The van der Waals surface area contributed by atoms with E-state index in [0.717, 1.165) is 10.5 Å². The highest BCUT2D eigenvalue weighted by atomic mass is 32.2. The fourth-order valence-electron chi connectivity index (χ4n) is 3.10. The number of fused-ring (bicyclic) bond motifs is 1. The Morgan fingerprint density at radius 2 is 2.03 bits per heavy atom. The van der Waals surface area contributed by atoms with Gasteiger partial charge in [-0.15, -0.1) is 11.8 Å². The summed E-state index contributed by atoms with van der Waals surface area (Å²) in [5.41, 5.74) is 1.31. The van der Waals surface area contributed by atoms with Crippen molar-refractivity contribution in [3.8, 4) is 5.75 Å². The summed E-state index contributed by atoms with van der Waals surface area (Å²) in [6.07, 6.45) is 0.209. The molecule has 0 saturated carbocycles. The van der Waals surface area contributed by atoms with Crippen LogP contribution in [0.1, 0.15) is 25.3 Å². The Balaban J connectivity index is 1.62. The number of sulfone groups is 1. The Kier molecular flexibility index (Phi) is 7.04. The standard InChI is InChI=1S/C21H24N2O5S2/c1-14-11-21(25)23-17-12-16(7-8-19(17)29-14)30(26,27)10-9-20(24)22-13-15-5-3-4-6-18(15)28-2/h3-8,12,14H,9-11,13H2,1-2H3,(H,22,24)(H,23,25)/t14-/m0/s1. The van der Waals surface area contributed by atoms with Crippen LogP contribution in [0.3, 0.4) is 0 Å². The number of benzene rings is 2. The minimum atomic E-state index is -3.67. The van der Waals surface area contributed by atoms with E-state index in [9.17, 15) is 18.0 Å². The van der Waals surface area contributed by atoms with Crippen molar-refractivity contribution >= 4 is 39.1 Å². The van der Waals surface area contributed by atoms with E-state index >= 15 is 0 Å². The van der Waals surface area contributed by atoms with Gasteiger partial charge in [0.25, 0.3) is 0 Å². The minimum Gasteiger partial charge on any atom is -0.496 e. The number of para-hydroxylation sites is 1. The first-order valence-corrected chi connectivity index (χ1v) is 12.0. The maximum atomic E-state index is 12.7. The van der Waals surface area contributed by atoms with Gasteiger partial charge in [-0.25, -0.2) is 8.42 Å². The van der Waals surface area contributed by atoms with E-state index in [0.29, 0.717) is 17.9 Å². The smallest absolute Gasteiger partial charge is 0.225 e. The van der Waals surface area contributed by atoms with E-state index in [2.05, 4.69) is 10.6 Å². The summed E-state index contributed by atoms with van der Waals surface area (Å²) in [7, 11) is -2.12. The van der Waals surface area contributed by atoms with Gasteiger partial charge >= 0.3 is 0 Å². The van der Waals surface area contributed by atoms with Crippen LogP contribution in [0.5, 0.6) is 5.75 Å². The van der Waals surface area contributed by atoms with Crippen LogP contribution in [-0.4, -0.2) is 38.3 Å². The summed E-state index contributed by atoms with van der Waals surface area (Å²) in [5.74, 6) is -0.165. The number of carbonyl (C=O) groups is 2. The minimum absolute atomic E-state index is 0.0919. The molecule has 0 saturated heterocycles. The maximum Gasteiger partial charge on any atom is 0.225 e. The molecule has 0 spiro atoms. The number of hydrogen-bond acceptors (Lipinski definition) is 6. The van der Waals surface area contributed by atoms with Crippen LogP contribution in [0, 0.1) is 0 Å². The van der Waals surface area contributed by atoms with Crippen LogP contribution in [0.25, 0.3) is 0 Å². The predicted molar refractivity (Wildman–Crippen MR) is 117 cm³/mol. The van der Waals surface area contributed by atoms with E-state index in [1.165, 1.54) is 23.9 Å². The number of thioether (sulfide) groups is 1. The molecule has 0 unspecified atom stereocenters. The maximum absolute atomic E-state index is 12.7. The number of methoxy groups -OCH3 is 1. The number of anilines is 1. The number of ether oxygens (including phenoxy) is 1. The fourth-order valence-corrected chi connectivity index (χ4v) is 5.41. The van der Waals surface area contributed by atoms with Gasteiger partial charge < -0.3 is 15.4 Å². The van der Waals surface area contributed by atoms with Crippen LogP contribution in [0.15, 0.2) is 52.3 Å². The topological polar surface area (TPSA) is 102 Å². The molecule has 0 aliphatic carbocycles. The molecule has 1 heterocycles. The highest BCUT2D eigenvalue weighted by Gasteiger charge is 2.23. The lowest BCUT2D eigenvalue weighted by Gasteiger charge is -2.11. The third-order valence-electron chi connectivity index (χ3n) is 4.65. The monoisotopic (exact) mass is 448 g/mol. The van der Waals surface area contributed by atoms with Gasteiger partial charge in [0.15, 0.2) is 9.84 Å². The SMILES string of the molecule is COc1ccccc1CNC(=O)CCS(=O)(=O)c1ccc2c(c1)NC(=O)C[C@H](C)S2. The molecule has 0 radical (unpaired) electrons. The number of carbonyl (C=O) groups excluding carboxylic acids is 2. The summed E-state index contributed by atoms with van der Waals surface area (Å²) < 4.78 is 30.7. The molecule has 0 fully saturated rings. The normalized spacial score (nSPS) is 16.2. The first-order valence-electron chi connectivity index (χ1n) is 9.50. The molecule has 1 atom stereocenters. The largest absolute Gasteiger partial charge is 0.496 e. The lowest BCUT2D eigenvalue weighted by molar-refractivity contribution is -0.121. The van der Waals surface area contributed by atoms with Gasteiger partial charge in [0.1, 0.15) is 5.75 Å². The first kappa shape index (κ1) is 22.2. The van der Waals surface area contributed by atoms with Crippen molar-refractivity contribution in [3.05, 3.63) is 48.0 Å². The molecule has 0 aromatic heterocycles. The molecule has 3 rings (SSSR count). The molecule has 160 valence electrons. The molecular formula is C21H24N2O5S2. The molecule has 0 bridgehead atoms. The van der Waals surface area contributed by atoms with Crippen molar-refractivity contribution in [1.29, 1.82) is 0 Å². The van der Waals surface area contributed by atoms with Crippen LogP contribution in [0.4, 0.5) is 5.69 Å². The van der Waals surface area contributed by atoms with Gasteiger partial charge in [0.05, 0.1) is 23.4 Å². The first-order chi connectivity index (χ1) is 14.3. The van der Waals surface area contributed by atoms with Crippen molar-refractivity contribution in [2.24, 2.45) is 0 Å². The zero-order valence-corrected chi connectivity index (χ0v) is 18.4. The van der Waals surface area contributed by atoms with Crippen molar-refractivity contribution in [2.75, 3.05) is 18.2 Å². The van der Waals surface area contributed by atoms with Crippen LogP contribution < -0.4 is 15.4 Å². The molecule has 2 aromatic rings. The van der Waals surface area contributed by atoms with Crippen LogP contribution >= 0.6 is 11.8 Å². The Hall–Kier alpha value is -2.52. The van der Waals surface area contributed by atoms with E-state index in [1.54, 1.807) is 19.2 Å². The second kappa shape index (κ2) is 9.53. The average molecular weight is 449 g/mol. The molecular weight excluding hydrogens is 424 g/mol. The lowest BCUT2D eigenvalue weighted by atomic mass is 10.2. The molecule has 1 aliphatic rings. The molecule has 30 heavy (non-hydrogen) atoms. The van der Waals surface area contributed by atoms with Crippen LogP contribution in [0.2, 0.25) is 0 Å². The third-order valence-corrected chi connectivity index (χ3v) is 7.54. The highest BCUT2D eigenvalue weighted by Crippen LogP contribution is 2.36. The van der Waals surface area contributed by atoms with Crippen LogP contribution in [-0.2, 0) is 26.0 Å². The Morgan fingerprint density at radius 1 is 1.27 bits per heavy atom. The van der Waals surface area contributed by atoms with Crippen molar-refractivity contribution in [1.82, 2.24) is 5.32 Å². The number of rotatable bonds is 7. The highest BCUT2D eigenvalue weighted by molar-refractivity contribution is 8.00. The average Bonchev–Trinajstić information content (AvgIpc) is 2.86. The molecule has 1 aliphatic heterocycles. The molecule has 7 nitrogen and oxygen atoms in total. The Bertz CT molecular complexity index is 1050. The quantitative estimate of drug-likeness (QED) is 0.675. The Morgan fingerprint density at radius 3 is 2.80 bits per heavy atom. The Labute approximate surface area is 180 Å². The number of amides is 2. The summed E-state index contributed by atoms with van der Waals surface area (Å²) in [5, 5.41) is 5.60. The molecule has 9 heteroatoms. The number of nitrogens with one attached hydrogen (secondary N) is 2. The van der Waals surface area contributed by atoms with Crippen molar-refractivity contribution in [3.63, 3.8) is 0 Å². The summed E-state index contributed by atoms with van der Waals surface area (Å²) in [4.78, 5) is 25.0. The van der Waals surface area contributed by atoms with Gasteiger partial charge in [-0.1, -0.05) is 25.1 Å². The lowest BCUT2D eigenvalue weighted by Crippen LogP contribution is -2.25. The molecule has 2 amide bonds. The van der Waals surface area contributed by atoms with Gasteiger partial charge in [-0.05, 0) is 24.3 Å². The molecule has 2 N–H and O–H groups in total. The molecule has 2 aromatic carbocycles.